The highest BCUT2D eigenvalue weighted by Crippen LogP contribution is 2.16. The van der Waals surface area contributed by atoms with Crippen molar-refractivity contribution in [3.05, 3.63) is 58.3 Å². The summed E-state index contributed by atoms with van der Waals surface area (Å²) in [6.45, 7) is 1.84. The van der Waals surface area contributed by atoms with Crippen molar-refractivity contribution in [1.29, 1.82) is 0 Å². The van der Waals surface area contributed by atoms with E-state index in [4.69, 9.17) is 0 Å². The van der Waals surface area contributed by atoms with Gasteiger partial charge in [-0.2, -0.15) is 11.3 Å². The molecule has 0 unspecified atom stereocenters. The Labute approximate surface area is 135 Å². The topological polar surface area (TPSA) is 63.2 Å². The van der Waals surface area contributed by atoms with Crippen molar-refractivity contribution in [2.45, 2.75) is 25.7 Å². The third kappa shape index (κ3) is 5.27. The molecule has 0 radical (unpaired) electrons. The van der Waals surface area contributed by atoms with Gasteiger partial charge in [-0.25, -0.2) is 8.42 Å². The fraction of sp³-hybridized carbons (Fsp3) is 0.312. The SMILES string of the molecule is C[C@@H](CS(=O)(=O)NC(=O)CCc1ccsc1)c1ccccc1. The Kier molecular flexibility index (Phi) is 5.74. The van der Waals surface area contributed by atoms with Crippen LogP contribution in [0.3, 0.4) is 0 Å². The van der Waals surface area contributed by atoms with Crippen LogP contribution in [0.4, 0.5) is 0 Å². The highest BCUT2D eigenvalue weighted by atomic mass is 32.2. The smallest absolute Gasteiger partial charge is 0.235 e. The van der Waals surface area contributed by atoms with Crippen molar-refractivity contribution >= 4 is 27.3 Å². The van der Waals surface area contributed by atoms with Crippen LogP contribution in [-0.2, 0) is 21.2 Å². The van der Waals surface area contributed by atoms with Crippen molar-refractivity contribution in [1.82, 2.24) is 4.72 Å². The van der Waals surface area contributed by atoms with Gasteiger partial charge in [-0.05, 0) is 40.3 Å². The van der Waals surface area contributed by atoms with Gasteiger partial charge in [0, 0.05) is 6.42 Å². The predicted octanol–water partition coefficient (Wildman–Crippen LogP) is 2.93. The van der Waals surface area contributed by atoms with E-state index >= 15 is 0 Å². The summed E-state index contributed by atoms with van der Waals surface area (Å²) in [5.41, 5.74) is 1.99. The van der Waals surface area contributed by atoms with Crippen molar-refractivity contribution in [2.24, 2.45) is 0 Å². The van der Waals surface area contributed by atoms with Gasteiger partial charge in [-0.1, -0.05) is 37.3 Å². The third-order valence-electron chi connectivity index (χ3n) is 3.33. The number of thiophene rings is 1. The third-order valence-corrected chi connectivity index (χ3v) is 5.54. The van der Waals surface area contributed by atoms with Crippen LogP contribution in [0, 0.1) is 0 Å². The van der Waals surface area contributed by atoms with E-state index in [0.29, 0.717) is 6.42 Å². The largest absolute Gasteiger partial charge is 0.274 e. The summed E-state index contributed by atoms with van der Waals surface area (Å²) in [7, 11) is -3.62. The Bertz CT molecular complexity index is 694. The van der Waals surface area contributed by atoms with E-state index in [9.17, 15) is 13.2 Å². The van der Waals surface area contributed by atoms with Crippen LogP contribution in [0.5, 0.6) is 0 Å². The molecule has 0 fully saturated rings. The standard InChI is InChI=1S/C16H19NO3S2/c1-13(15-5-3-2-4-6-15)12-22(19,20)17-16(18)8-7-14-9-10-21-11-14/h2-6,9-11,13H,7-8,12H2,1H3,(H,17,18)/t13-/m0/s1. The lowest BCUT2D eigenvalue weighted by molar-refractivity contribution is -0.119. The van der Waals surface area contributed by atoms with Crippen molar-refractivity contribution in [3.63, 3.8) is 0 Å². The van der Waals surface area contributed by atoms with Crippen molar-refractivity contribution in [3.8, 4) is 0 Å². The molecule has 118 valence electrons. The molecule has 0 spiro atoms. The fourth-order valence-electron chi connectivity index (χ4n) is 2.17. The molecule has 1 N–H and O–H groups in total. The van der Waals surface area contributed by atoms with E-state index in [2.05, 4.69) is 4.72 Å². The number of rotatable bonds is 7. The Morgan fingerprint density at radius 3 is 2.59 bits per heavy atom. The molecule has 1 atom stereocenters. The Hall–Kier alpha value is -1.66. The monoisotopic (exact) mass is 337 g/mol. The molecule has 1 aromatic heterocycles. The van der Waals surface area contributed by atoms with Crippen LogP contribution in [0.25, 0.3) is 0 Å². The molecule has 22 heavy (non-hydrogen) atoms. The fourth-order valence-corrected chi connectivity index (χ4v) is 4.25. The molecular weight excluding hydrogens is 318 g/mol. The van der Waals surface area contributed by atoms with Gasteiger partial charge in [0.1, 0.15) is 0 Å². The van der Waals surface area contributed by atoms with E-state index in [0.717, 1.165) is 11.1 Å². The quantitative estimate of drug-likeness (QED) is 0.845. The number of carbonyl (C=O) groups excluding carboxylic acids is 1. The summed E-state index contributed by atoms with van der Waals surface area (Å²) in [5.74, 6) is -0.712. The highest BCUT2D eigenvalue weighted by molar-refractivity contribution is 7.90. The molecule has 1 heterocycles. The molecule has 0 saturated heterocycles. The van der Waals surface area contributed by atoms with Gasteiger partial charge < -0.3 is 0 Å². The summed E-state index contributed by atoms with van der Waals surface area (Å²) in [6, 6.07) is 11.3. The van der Waals surface area contributed by atoms with Crippen LogP contribution in [0.2, 0.25) is 0 Å². The second-order valence-corrected chi connectivity index (χ2v) is 7.80. The van der Waals surface area contributed by atoms with Crippen LogP contribution >= 0.6 is 11.3 Å². The predicted molar refractivity (Wildman–Crippen MR) is 89.4 cm³/mol. The molecule has 0 aliphatic rings. The van der Waals surface area contributed by atoms with Crippen molar-refractivity contribution in [2.75, 3.05) is 5.75 Å². The minimum absolute atomic E-state index is 0.0960. The van der Waals surface area contributed by atoms with Gasteiger partial charge in [-0.15, -0.1) is 0 Å². The zero-order valence-corrected chi connectivity index (χ0v) is 14.0. The van der Waals surface area contributed by atoms with Gasteiger partial charge >= 0.3 is 0 Å². The van der Waals surface area contributed by atoms with Crippen LogP contribution in [-0.4, -0.2) is 20.1 Å². The van der Waals surface area contributed by atoms with Gasteiger partial charge in [-0.3, -0.25) is 9.52 Å². The normalized spacial score (nSPS) is 12.8. The van der Waals surface area contributed by atoms with Gasteiger partial charge in [0.25, 0.3) is 0 Å². The van der Waals surface area contributed by atoms with Crippen LogP contribution in [0.15, 0.2) is 47.2 Å². The maximum absolute atomic E-state index is 12.1. The number of sulfonamides is 1. The molecule has 2 rings (SSSR count). The van der Waals surface area contributed by atoms with Gasteiger partial charge in [0.05, 0.1) is 5.75 Å². The number of hydrogen-bond donors (Lipinski definition) is 1. The number of amides is 1. The Balaban J connectivity index is 1.86. The van der Waals surface area contributed by atoms with E-state index < -0.39 is 15.9 Å². The molecule has 0 saturated carbocycles. The van der Waals surface area contributed by atoms with Crippen LogP contribution in [0.1, 0.15) is 30.4 Å². The molecule has 0 bridgehead atoms. The summed E-state index contributed by atoms with van der Waals surface area (Å²) in [4.78, 5) is 11.8. The first-order valence-corrected chi connectivity index (χ1v) is 9.65. The lowest BCUT2D eigenvalue weighted by atomic mass is 10.0. The van der Waals surface area contributed by atoms with E-state index in [1.165, 1.54) is 0 Å². The molecule has 1 amide bonds. The molecule has 0 aliphatic carbocycles. The molecule has 0 aliphatic heterocycles. The number of carbonyl (C=O) groups is 1. The Morgan fingerprint density at radius 1 is 1.23 bits per heavy atom. The number of nitrogens with one attached hydrogen (secondary N) is 1. The van der Waals surface area contributed by atoms with E-state index in [1.54, 1.807) is 11.3 Å². The minimum Gasteiger partial charge on any atom is -0.274 e. The zero-order valence-electron chi connectivity index (χ0n) is 12.4. The molecular formula is C16H19NO3S2. The maximum Gasteiger partial charge on any atom is 0.235 e. The average Bonchev–Trinajstić information content (AvgIpc) is 2.98. The highest BCUT2D eigenvalue weighted by Gasteiger charge is 2.19. The lowest BCUT2D eigenvalue weighted by Crippen LogP contribution is -2.34. The molecule has 1 aromatic carbocycles. The van der Waals surface area contributed by atoms with Gasteiger partial charge in [0.15, 0.2) is 0 Å². The first-order valence-electron chi connectivity index (χ1n) is 7.05. The molecule has 2 aromatic rings. The average molecular weight is 337 g/mol. The summed E-state index contributed by atoms with van der Waals surface area (Å²) >= 11 is 1.56. The summed E-state index contributed by atoms with van der Waals surface area (Å²) in [5, 5.41) is 3.89. The van der Waals surface area contributed by atoms with Crippen molar-refractivity contribution < 1.29 is 13.2 Å². The minimum atomic E-state index is -3.62. The first-order chi connectivity index (χ1) is 10.5. The zero-order chi connectivity index (χ0) is 16.0. The molecule has 6 heteroatoms. The first kappa shape index (κ1) is 16.7. The molecule has 4 nitrogen and oxygen atoms in total. The van der Waals surface area contributed by atoms with Gasteiger partial charge in [0.2, 0.25) is 15.9 Å². The van der Waals surface area contributed by atoms with Crippen LogP contribution < -0.4 is 4.72 Å². The summed E-state index contributed by atoms with van der Waals surface area (Å²) < 4.78 is 26.3. The Morgan fingerprint density at radius 2 is 1.95 bits per heavy atom. The second kappa shape index (κ2) is 7.56. The maximum atomic E-state index is 12.1. The number of aryl methyl sites for hydroxylation is 1. The summed E-state index contributed by atoms with van der Waals surface area (Å²) in [6.07, 6.45) is 0.731. The van der Waals surface area contributed by atoms with E-state index in [1.807, 2.05) is 54.1 Å². The second-order valence-electron chi connectivity index (χ2n) is 5.25. The number of benzene rings is 1. The lowest BCUT2D eigenvalue weighted by Gasteiger charge is -2.13. The van der Waals surface area contributed by atoms with E-state index in [-0.39, 0.29) is 18.1 Å². The number of hydrogen-bond acceptors (Lipinski definition) is 4.